The van der Waals surface area contributed by atoms with Crippen LogP contribution in [0.2, 0.25) is 0 Å². The van der Waals surface area contributed by atoms with E-state index in [-0.39, 0.29) is 17.3 Å². The highest BCUT2D eigenvalue weighted by molar-refractivity contribution is 5.94. The molecule has 1 amide bonds. The summed E-state index contributed by atoms with van der Waals surface area (Å²) in [7, 11) is 0. The van der Waals surface area contributed by atoms with Crippen LogP contribution in [0.25, 0.3) is 5.69 Å². The number of rotatable bonds is 5. The number of hydrogen-bond donors (Lipinski definition) is 1. The first kappa shape index (κ1) is 20.3. The summed E-state index contributed by atoms with van der Waals surface area (Å²) < 4.78 is 6.96. The van der Waals surface area contributed by atoms with Crippen molar-refractivity contribution >= 4 is 11.6 Å². The summed E-state index contributed by atoms with van der Waals surface area (Å²) in [5.74, 6) is -0.0930. The zero-order valence-electron chi connectivity index (χ0n) is 17.3. The summed E-state index contributed by atoms with van der Waals surface area (Å²) in [5, 5.41) is 7.11. The van der Waals surface area contributed by atoms with Crippen LogP contribution in [0.1, 0.15) is 29.2 Å². The standard InChI is InChI=1S/C23H25N3O3/c1-14-6-8-19(12-16(14)3)24-23(28)18(5)29-21-10-11-22(27)26(25-21)20-9-7-15(2)17(4)13-20/h6-13,18H,1-5H3,(H,24,28)/t18-/m0/s1. The van der Waals surface area contributed by atoms with Crippen LogP contribution in [0.15, 0.2) is 53.3 Å². The summed E-state index contributed by atoms with van der Waals surface area (Å²) in [6.45, 7) is 9.63. The minimum atomic E-state index is -0.783. The van der Waals surface area contributed by atoms with Crippen molar-refractivity contribution < 1.29 is 9.53 Å². The van der Waals surface area contributed by atoms with Crippen molar-refractivity contribution in [2.75, 3.05) is 5.32 Å². The van der Waals surface area contributed by atoms with Gasteiger partial charge in [0.1, 0.15) is 0 Å². The van der Waals surface area contributed by atoms with E-state index in [4.69, 9.17) is 4.74 Å². The molecule has 0 bridgehead atoms. The monoisotopic (exact) mass is 391 g/mol. The van der Waals surface area contributed by atoms with Gasteiger partial charge in [0.05, 0.1) is 5.69 Å². The van der Waals surface area contributed by atoms with Gasteiger partial charge in [0.2, 0.25) is 5.88 Å². The van der Waals surface area contributed by atoms with Gasteiger partial charge in [0, 0.05) is 17.8 Å². The van der Waals surface area contributed by atoms with Crippen molar-refractivity contribution in [1.82, 2.24) is 9.78 Å². The number of nitrogens with zero attached hydrogens (tertiary/aromatic N) is 2. The Kier molecular flexibility index (Phi) is 5.82. The number of aromatic nitrogens is 2. The summed E-state index contributed by atoms with van der Waals surface area (Å²) in [6.07, 6.45) is -0.783. The van der Waals surface area contributed by atoms with Gasteiger partial charge in [-0.3, -0.25) is 9.59 Å². The van der Waals surface area contributed by atoms with Crippen LogP contribution in [-0.4, -0.2) is 21.8 Å². The number of amides is 1. The second-order valence-corrected chi connectivity index (χ2v) is 7.24. The van der Waals surface area contributed by atoms with Crippen molar-refractivity contribution in [3.05, 3.63) is 81.1 Å². The van der Waals surface area contributed by atoms with E-state index in [1.807, 2.05) is 64.1 Å². The first-order chi connectivity index (χ1) is 13.7. The van der Waals surface area contributed by atoms with Crippen LogP contribution in [0.5, 0.6) is 5.88 Å². The highest BCUT2D eigenvalue weighted by atomic mass is 16.5. The second-order valence-electron chi connectivity index (χ2n) is 7.24. The van der Waals surface area contributed by atoms with Gasteiger partial charge in [-0.1, -0.05) is 12.1 Å². The maximum absolute atomic E-state index is 12.5. The molecule has 6 nitrogen and oxygen atoms in total. The quantitative estimate of drug-likeness (QED) is 0.716. The Morgan fingerprint density at radius 3 is 2.24 bits per heavy atom. The predicted octanol–water partition coefficient (Wildman–Crippen LogP) is 3.87. The molecule has 1 atom stereocenters. The molecule has 0 aliphatic heterocycles. The van der Waals surface area contributed by atoms with Crippen molar-refractivity contribution in [1.29, 1.82) is 0 Å². The van der Waals surface area contributed by atoms with Gasteiger partial charge < -0.3 is 10.1 Å². The van der Waals surface area contributed by atoms with Gasteiger partial charge in [-0.05, 0) is 81.1 Å². The Morgan fingerprint density at radius 2 is 1.59 bits per heavy atom. The fraction of sp³-hybridized carbons (Fsp3) is 0.261. The topological polar surface area (TPSA) is 73.2 Å². The molecule has 2 aromatic carbocycles. The van der Waals surface area contributed by atoms with Gasteiger partial charge in [0.25, 0.3) is 11.5 Å². The molecule has 6 heteroatoms. The number of carbonyl (C=O) groups is 1. The zero-order valence-corrected chi connectivity index (χ0v) is 17.3. The lowest BCUT2D eigenvalue weighted by Gasteiger charge is -2.15. The van der Waals surface area contributed by atoms with Crippen LogP contribution >= 0.6 is 0 Å². The second kappa shape index (κ2) is 8.31. The molecule has 0 unspecified atom stereocenters. The van der Waals surface area contributed by atoms with Gasteiger partial charge >= 0.3 is 0 Å². The molecule has 0 spiro atoms. The smallest absolute Gasteiger partial charge is 0.271 e. The average molecular weight is 391 g/mol. The Bertz CT molecular complexity index is 1120. The zero-order chi connectivity index (χ0) is 21.1. The van der Waals surface area contributed by atoms with Crippen molar-refractivity contribution in [2.45, 2.75) is 40.7 Å². The van der Waals surface area contributed by atoms with Crippen LogP contribution in [0.3, 0.4) is 0 Å². The molecular formula is C23H25N3O3. The molecule has 0 saturated carbocycles. The van der Waals surface area contributed by atoms with Crippen molar-refractivity contribution in [2.24, 2.45) is 0 Å². The van der Waals surface area contributed by atoms with Crippen LogP contribution < -0.4 is 15.6 Å². The largest absolute Gasteiger partial charge is 0.463 e. The lowest BCUT2D eigenvalue weighted by Crippen LogP contribution is -2.31. The van der Waals surface area contributed by atoms with E-state index in [1.165, 1.54) is 16.8 Å². The van der Waals surface area contributed by atoms with Gasteiger partial charge in [-0.2, -0.15) is 4.68 Å². The number of anilines is 1. The minimum Gasteiger partial charge on any atom is -0.463 e. The first-order valence-electron chi connectivity index (χ1n) is 9.47. The molecule has 3 rings (SSSR count). The molecule has 0 aliphatic carbocycles. The highest BCUT2D eigenvalue weighted by Gasteiger charge is 2.17. The molecular weight excluding hydrogens is 366 g/mol. The number of benzene rings is 2. The van der Waals surface area contributed by atoms with E-state index in [2.05, 4.69) is 10.4 Å². The van der Waals surface area contributed by atoms with Gasteiger partial charge in [-0.15, -0.1) is 5.10 Å². The van der Waals surface area contributed by atoms with E-state index < -0.39 is 6.10 Å². The summed E-state index contributed by atoms with van der Waals surface area (Å²) >= 11 is 0. The van der Waals surface area contributed by atoms with Crippen LogP contribution in [0.4, 0.5) is 5.69 Å². The highest BCUT2D eigenvalue weighted by Crippen LogP contribution is 2.16. The molecule has 0 aliphatic rings. The lowest BCUT2D eigenvalue weighted by molar-refractivity contribution is -0.122. The number of carbonyl (C=O) groups excluding carboxylic acids is 1. The molecule has 0 radical (unpaired) electrons. The van der Waals surface area contributed by atoms with Crippen LogP contribution in [-0.2, 0) is 4.79 Å². The fourth-order valence-electron chi connectivity index (χ4n) is 2.80. The van der Waals surface area contributed by atoms with Gasteiger partial charge in [0.15, 0.2) is 6.10 Å². The Labute approximate surface area is 170 Å². The fourth-order valence-corrected chi connectivity index (χ4v) is 2.80. The summed E-state index contributed by atoms with van der Waals surface area (Å²) in [6, 6.07) is 14.2. The normalized spacial score (nSPS) is 11.8. The molecule has 0 saturated heterocycles. The van der Waals surface area contributed by atoms with E-state index in [0.29, 0.717) is 11.4 Å². The summed E-state index contributed by atoms with van der Waals surface area (Å²) in [4.78, 5) is 24.7. The van der Waals surface area contributed by atoms with E-state index >= 15 is 0 Å². The molecule has 29 heavy (non-hydrogen) atoms. The molecule has 150 valence electrons. The minimum absolute atomic E-state index is 0.200. The lowest BCUT2D eigenvalue weighted by atomic mass is 10.1. The first-order valence-corrected chi connectivity index (χ1v) is 9.47. The van der Waals surface area contributed by atoms with Crippen LogP contribution in [0, 0.1) is 27.7 Å². The molecule has 1 heterocycles. The Morgan fingerprint density at radius 1 is 0.931 bits per heavy atom. The third-order valence-corrected chi connectivity index (χ3v) is 4.95. The number of aryl methyl sites for hydroxylation is 4. The average Bonchev–Trinajstić information content (AvgIpc) is 2.68. The number of ether oxygens (including phenoxy) is 1. The number of nitrogens with one attached hydrogen (secondary N) is 1. The third-order valence-electron chi connectivity index (χ3n) is 4.95. The van der Waals surface area contributed by atoms with Gasteiger partial charge in [-0.25, -0.2) is 0 Å². The Balaban J connectivity index is 1.77. The molecule has 1 N–H and O–H groups in total. The third kappa shape index (κ3) is 4.71. The van der Waals surface area contributed by atoms with Crippen molar-refractivity contribution in [3.8, 4) is 11.6 Å². The van der Waals surface area contributed by atoms with Crippen molar-refractivity contribution in [3.63, 3.8) is 0 Å². The molecule has 1 aromatic heterocycles. The summed E-state index contributed by atoms with van der Waals surface area (Å²) in [5.41, 5.74) is 5.53. The SMILES string of the molecule is Cc1ccc(NC(=O)[C@H](C)Oc2ccc(=O)n(-c3ccc(C)c(C)c3)n2)cc1C. The molecule has 0 fully saturated rings. The van der Waals surface area contributed by atoms with E-state index in [9.17, 15) is 9.59 Å². The maximum Gasteiger partial charge on any atom is 0.271 e. The number of hydrogen-bond acceptors (Lipinski definition) is 4. The maximum atomic E-state index is 12.5. The predicted molar refractivity (Wildman–Crippen MR) is 114 cm³/mol. The van der Waals surface area contributed by atoms with E-state index in [1.54, 1.807) is 6.92 Å². The Hall–Kier alpha value is -3.41. The molecule has 3 aromatic rings. The van der Waals surface area contributed by atoms with E-state index in [0.717, 1.165) is 22.3 Å².